The molecular weight excluding hydrogens is 623 g/mol. The van der Waals surface area contributed by atoms with E-state index in [-0.39, 0.29) is 30.3 Å². The number of aromatic amines is 1. The summed E-state index contributed by atoms with van der Waals surface area (Å²) in [7, 11) is 1.44. The monoisotopic (exact) mass is 653 g/mol. The predicted octanol–water partition coefficient (Wildman–Crippen LogP) is 5.95. The Morgan fingerprint density at radius 3 is 2.60 bits per heavy atom. The first-order chi connectivity index (χ1) is 23.0. The van der Waals surface area contributed by atoms with Gasteiger partial charge in [-0.25, -0.2) is 4.98 Å². The van der Waals surface area contributed by atoms with Crippen molar-refractivity contribution in [2.45, 2.75) is 39.4 Å². The third kappa shape index (κ3) is 5.58. The molecule has 6 aromatic rings. The number of nitrogens with one attached hydrogen (secondary N) is 2. The summed E-state index contributed by atoms with van der Waals surface area (Å²) >= 11 is 0. The fourth-order valence-corrected chi connectivity index (χ4v) is 6.32. The Kier molecular flexibility index (Phi) is 7.57. The van der Waals surface area contributed by atoms with Crippen LogP contribution in [-0.2, 0) is 32.6 Å². The summed E-state index contributed by atoms with van der Waals surface area (Å²) in [4.78, 5) is 38.5. The molecule has 2 aromatic carbocycles. The molecule has 0 radical (unpaired) electrons. The number of imidazole rings is 1. The highest BCUT2D eigenvalue weighted by Gasteiger charge is 2.39. The van der Waals surface area contributed by atoms with Gasteiger partial charge in [0.25, 0.3) is 11.8 Å². The summed E-state index contributed by atoms with van der Waals surface area (Å²) in [5, 5.41) is 13.8. The van der Waals surface area contributed by atoms with Gasteiger partial charge in [-0.05, 0) is 72.4 Å². The Hall–Kier alpha value is -5.79. The van der Waals surface area contributed by atoms with Crippen LogP contribution in [0.2, 0.25) is 0 Å². The Balaban J connectivity index is 1.38. The van der Waals surface area contributed by atoms with Crippen molar-refractivity contribution in [3.05, 3.63) is 107 Å². The molecule has 48 heavy (non-hydrogen) atoms. The van der Waals surface area contributed by atoms with Crippen LogP contribution in [-0.4, -0.2) is 52.9 Å². The van der Waals surface area contributed by atoms with Crippen molar-refractivity contribution in [3.8, 4) is 11.1 Å². The second-order valence-corrected chi connectivity index (χ2v) is 11.8. The minimum atomic E-state index is -4.69. The molecule has 7 rings (SSSR count). The Morgan fingerprint density at radius 2 is 1.90 bits per heavy atom. The lowest BCUT2D eigenvalue weighted by atomic mass is 9.87. The number of amides is 2. The standard InChI is InChI=1S/C34H30F3N9O2/c1-4-20-10-26-29(9-19(2)41-30(26)27(11-20)32(47)42-22-14-39-40-15-22)46-7-5-23-24(28-17-44(3)43-31(28)34(35,36)37)12-21(13-25(23)33(46)48)16-45-8-6-38-18-45/h6,8-15,17-18H,4-5,7,16H2,1-3H3,(H,39,40)(H,42,47). The fourth-order valence-electron chi connectivity index (χ4n) is 6.32. The summed E-state index contributed by atoms with van der Waals surface area (Å²) in [5.74, 6) is -0.734. The van der Waals surface area contributed by atoms with Crippen LogP contribution in [0.3, 0.4) is 0 Å². The van der Waals surface area contributed by atoms with E-state index in [1.165, 1.54) is 19.4 Å². The number of fused-ring (bicyclic) bond motifs is 2. The zero-order valence-corrected chi connectivity index (χ0v) is 26.3. The first kappa shape index (κ1) is 30.8. The smallest absolute Gasteiger partial charge is 0.333 e. The minimum absolute atomic E-state index is 0.0824. The van der Waals surface area contributed by atoms with Crippen LogP contribution in [0.4, 0.5) is 24.5 Å². The lowest BCUT2D eigenvalue weighted by Gasteiger charge is -2.32. The first-order valence-electron chi connectivity index (χ1n) is 15.3. The van der Waals surface area contributed by atoms with E-state index < -0.39 is 11.9 Å². The molecule has 0 bridgehead atoms. The number of H-pyrrole nitrogens is 1. The maximum atomic E-state index is 14.5. The van der Waals surface area contributed by atoms with Gasteiger partial charge in [-0.1, -0.05) is 6.92 Å². The molecule has 0 fully saturated rings. The second kappa shape index (κ2) is 11.8. The molecule has 4 aromatic heterocycles. The molecule has 2 N–H and O–H groups in total. The van der Waals surface area contributed by atoms with E-state index in [0.717, 1.165) is 10.2 Å². The van der Waals surface area contributed by atoms with Crippen LogP contribution >= 0.6 is 0 Å². The third-order valence-electron chi connectivity index (χ3n) is 8.46. The SMILES string of the molecule is CCc1cc(C(=O)Nc2cn[nH]c2)c2nc(C)cc(N3CCc4c(cc(Cn5ccnc5)cc4-c4cn(C)nc4C(F)(F)F)C3=O)c2c1. The quantitative estimate of drug-likeness (QED) is 0.219. The number of pyridine rings is 1. The molecule has 244 valence electrons. The Bertz CT molecular complexity index is 2190. The molecule has 0 saturated carbocycles. The fraction of sp³-hybridized carbons (Fsp3) is 0.235. The number of halogens is 3. The number of nitrogens with zero attached hydrogens (tertiary/aromatic N) is 7. The molecular formula is C34H30F3N9O2. The molecule has 0 aliphatic carbocycles. The number of rotatable bonds is 7. The van der Waals surface area contributed by atoms with Crippen molar-refractivity contribution in [3.63, 3.8) is 0 Å². The van der Waals surface area contributed by atoms with Gasteiger partial charge in [0.05, 0.1) is 35.0 Å². The summed E-state index contributed by atoms with van der Waals surface area (Å²) in [6.45, 7) is 4.26. The number of hydrogen-bond donors (Lipinski definition) is 2. The molecule has 2 amide bonds. The average Bonchev–Trinajstić information content (AvgIpc) is 3.83. The number of aryl methyl sites for hydroxylation is 3. The van der Waals surface area contributed by atoms with Gasteiger partial charge in [-0.3, -0.25) is 24.4 Å². The molecule has 0 atom stereocenters. The van der Waals surface area contributed by atoms with Crippen molar-refractivity contribution >= 4 is 34.1 Å². The zero-order valence-electron chi connectivity index (χ0n) is 26.3. The Morgan fingerprint density at radius 1 is 1.08 bits per heavy atom. The largest absolute Gasteiger partial charge is 0.435 e. The highest BCUT2D eigenvalue weighted by Crippen LogP contribution is 2.41. The number of alkyl halides is 3. The average molecular weight is 654 g/mol. The number of aromatic nitrogens is 7. The van der Waals surface area contributed by atoms with Gasteiger partial charge in [0.15, 0.2) is 5.69 Å². The molecule has 11 nitrogen and oxygen atoms in total. The van der Waals surface area contributed by atoms with Crippen LogP contribution in [0.15, 0.2) is 67.6 Å². The molecule has 14 heteroatoms. The number of benzene rings is 2. The molecule has 0 spiro atoms. The van der Waals surface area contributed by atoms with E-state index >= 15 is 0 Å². The molecule has 0 unspecified atom stereocenters. The van der Waals surface area contributed by atoms with E-state index in [2.05, 4.69) is 25.6 Å². The van der Waals surface area contributed by atoms with Crippen molar-refractivity contribution < 1.29 is 22.8 Å². The van der Waals surface area contributed by atoms with Crippen LogP contribution in [0, 0.1) is 6.92 Å². The van der Waals surface area contributed by atoms with Gasteiger partial charge < -0.3 is 14.8 Å². The van der Waals surface area contributed by atoms with Crippen molar-refractivity contribution in [1.29, 1.82) is 0 Å². The van der Waals surface area contributed by atoms with Crippen LogP contribution in [0.1, 0.15) is 55.7 Å². The third-order valence-corrected chi connectivity index (χ3v) is 8.46. The first-order valence-corrected chi connectivity index (χ1v) is 15.3. The lowest BCUT2D eigenvalue weighted by molar-refractivity contribution is -0.141. The lowest BCUT2D eigenvalue weighted by Crippen LogP contribution is -2.38. The van der Waals surface area contributed by atoms with Gasteiger partial charge in [0.2, 0.25) is 0 Å². The van der Waals surface area contributed by atoms with Gasteiger partial charge in [-0.2, -0.15) is 23.4 Å². The van der Waals surface area contributed by atoms with E-state index in [0.29, 0.717) is 68.8 Å². The minimum Gasteiger partial charge on any atom is -0.333 e. The van der Waals surface area contributed by atoms with Gasteiger partial charge in [0, 0.05) is 67.1 Å². The van der Waals surface area contributed by atoms with Crippen LogP contribution in [0.5, 0.6) is 0 Å². The molecule has 1 aliphatic rings. The maximum Gasteiger partial charge on any atom is 0.435 e. The van der Waals surface area contributed by atoms with Crippen molar-refractivity contribution in [2.24, 2.45) is 7.05 Å². The van der Waals surface area contributed by atoms with Crippen molar-refractivity contribution in [2.75, 3.05) is 16.8 Å². The Labute approximate surface area is 272 Å². The highest BCUT2D eigenvalue weighted by molar-refractivity contribution is 6.17. The van der Waals surface area contributed by atoms with Crippen LogP contribution in [0.25, 0.3) is 22.0 Å². The van der Waals surface area contributed by atoms with Crippen LogP contribution < -0.4 is 10.2 Å². The van der Waals surface area contributed by atoms with E-state index in [1.807, 2.05) is 19.1 Å². The van der Waals surface area contributed by atoms with Gasteiger partial charge >= 0.3 is 6.18 Å². The van der Waals surface area contributed by atoms with E-state index in [9.17, 15) is 22.8 Å². The molecule has 1 aliphatic heterocycles. The maximum absolute atomic E-state index is 14.5. The summed E-state index contributed by atoms with van der Waals surface area (Å²) in [5.41, 5.74) is 4.00. The van der Waals surface area contributed by atoms with Gasteiger partial charge in [-0.15, -0.1) is 0 Å². The molecule has 5 heterocycles. The van der Waals surface area contributed by atoms with E-state index in [1.54, 1.807) is 59.5 Å². The number of carbonyl (C=O) groups excluding carboxylic acids is 2. The van der Waals surface area contributed by atoms with Gasteiger partial charge in [0.1, 0.15) is 0 Å². The van der Waals surface area contributed by atoms with Crippen molar-refractivity contribution in [1.82, 2.24) is 34.5 Å². The number of carbonyl (C=O) groups is 2. The highest BCUT2D eigenvalue weighted by atomic mass is 19.4. The topological polar surface area (TPSA) is 127 Å². The normalized spacial score (nSPS) is 13.3. The second-order valence-electron chi connectivity index (χ2n) is 11.8. The summed E-state index contributed by atoms with van der Waals surface area (Å²) < 4.78 is 45.5. The molecule has 0 saturated heterocycles. The summed E-state index contributed by atoms with van der Waals surface area (Å²) in [6, 6.07) is 8.98. The predicted molar refractivity (Wildman–Crippen MR) is 173 cm³/mol. The number of hydrogen-bond acceptors (Lipinski definition) is 6. The van der Waals surface area contributed by atoms with E-state index in [4.69, 9.17) is 4.98 Å². The number of anilines is 2. The summed E-state index contributed by atoms with van der Waals surface area (Å²) in [6.07, 6.45) is 5.59. The zero-order chi connectivity index (χ0) is 33.7.